The highest BCUT2D eigenvalue weighted by Gasteiger charge is 2.20. The average Bonchev–Trinajstić information content (AvgIpc) is 2.28. The van der Waals surface area contributed by atoms with Crippen LogP contribution in [0.4, 0.5) is 5.69 Å². The first-order valence-electron chi connectivity index (χ1n) is 5.11. The number of carbonyl (C=O) groups excluding carboxylic acids is 1. The molecule has 0 fully saturated rings. The van der Waals surface area contributed by atoms with Crippen LogP contribution in [0.5, 0.6) is 0 Å². The lowest BCUT2D eigenvalue weighted by Gasteiger charge is -2.11. The van der Waals surface area contributed by atoms with Crippen LogP contribution in [0.25, 0.3) is 0 Å². The van der Waals surface area contributed by atoms with Crippen LogP contribution in [0, 0.1) is 0 Å². The molecule has 0 bridgehead atoms. The molecule has 0 amide bonds. The zero-order chi connectivity index (χ0) is 10.1. The Bertz CT molecular complexity index is 371. The molecule has 0 saturated heterocycles. The Kier molecular flexibility index (Phi) is 2.28. The lowest BCUT2D eigenvalue weighted by Crippen LogP contribution is -2.02. The van der Waals surface area contributed by atoms with E-state index in [1.165, 1.54) is 0 Å². The molecule has 0 radical (unpaired) electrons. The van der Waals surface area contributed by atoms with Gasteiger partial charge in [0.2, 0.25) is 0 Å². The van der Waals surface area contributed by atoms with Crippen LogP contribution in [-0.2, 0) is 0 Å². The third-order valence-electron chi connectivity index (χ3n) is 2.95. The average molecular weight is 189 g/mol. The number of anilines is 1. The number of benzene rings is 1. The van der Waals surface area contributed by atoms with Crippen LogP contribution in [0.2, 0.25) is 0 Å². The SMILES string of the molecule is CC1CCCC(=O)c2ccc(N)cc21. The van der Waals surface area contributed by atoms with Crippen LogP contribution in [0.1, 0.15) is 48.0 Å². The van der Waals surface area contributed by atoms with Gasteiger partial charge >= 0.3 is 0 Å². The fourth-order valence-electron chi connectivity index (χ4n) is 2.10. The van der Waals surface area contributed by atoms with Gasteiger partial charge in [-0.25, -0.2) is 0 Å². The highest BCUT2D eigenvalue weighted by Crippen LogP contribution is 2.31. The van der Waals surface area contributed by atoms with E-state index in [1.807, 2.05) is 18.2 Å². The molecule has 0 heterocycles. The Morgan fingerprint density at radius 2 is 2.21 bits per heavy atom. The van der Waals surface area contributed by atoms with Crippen LogP contribution in [-0.4, -0.2) is 5.78 Å². The summed E-state index contributed by atoms with van der Waals surface area (Å²) in [4.78, 5) is 11.7. The fraction of sp³-hybridized carbons (Fsp3) is 0.417. The Balaban J connectivity index is 2.54. The minimum Gasteiger partial charge on any atom is -0.399 e. The summed E-state index contributed by atoms with van der Waals surface area (Å²) in [5.41, 5.74) is 8.49. The van der Waals surface area contributed by atoms with E-state index in [-0.39, 0.29) is 5.78 Å². The Morgan fingerprint density at radius 3 is 3.00 bits per heavy atom. The zero-order valence-corrected chi connectivity index (χ0v) is 8.42. The van der Waals surface area contributed by atoms with Gasteiger partial charge in [-0.3, -0.25) is 4.79 Å². The van der Waals surface area contributed by atoms with Gasteiger partial charge < -0.3 is 5.73 Å². The molecule has 2 heteroatoms. The van der Waals surface area contributed by atoms with E-state index in [1.54, 1.807) is 0 Å². The molecule has 2 N–H and O–H groups in total. The fourth-order valence-corrected chi connectivity index (χ4v) is 2.10. The van der Waals surface area contributed by atoms with Gasteiger partial charge in [-0.05, 0) is 42.5 Å². The maximum Gasteiger partial charge on any atom is 0.163 e. The third-order valence-corrected chi connectivity index (χ3v) is 2.95. The van der Waals surface area contributed by atoms with E-state index >= 15 is 0 Å². The van der Waals surface area contributed by atoms with E-state index in [4.69, 9.17) is 5.73 Å². The number of hydrogen-bond donors (Lipinski definition) is 1. The molecule has 1 atom stereocenters. The van der Waals surface area contributed by atoms with Crippen molar-refractivity contribution >= 4 is 11.5 Å². The van der Waals surface area contributed by atoms with Crippen molar-refractivity contribution in [1.82, 2.24) is 0 Å². The highest BCUT2D eigenvalue weighted by molar-refractivity contribution is 5.98. The first-order chi connectivity index (χ1) is 6.68. The maximum absolute atomic E-state index is 11.7. The van der Waals surface area contributed by atoms with Gasteiger partial charge in [0.25, 0.3) is 0 Å². The molecule has 0 spiro atoms. The monoisotopic (exact) mass is 189 g/mol. The lowest BCUT2D eigenvalue weighted by molar-refractivity contribution is 0.0982. The van der Waals surface area contributed by atoms with Gasteiger partial charge in [-0.15, -0.1) is 0 Å². The second-order valence-corrected chi connectivity index (χ2v) is 4.06. The molecular formula is C12H15NO. The minimum atomic E-state index is 0.268. The summed E-state index contributed by atoms with van der Waals surface area (Å²) in [5.74, 6) is 0.726. The van der Waals surface area contributed by atoms with Gasteiger partial charge in [-0.2, -0.15) is 0 Å². The summed E-state index contributed by atoms with van der Waals surface area (Å²) >= 11 is 0. The first-order valence-corrected chi connectivity index (χ1v) is 5.11. The number of rotatable bonds is 0. The molecule has 1 aromatic carbocycles. The molecule has 0 aromatic heterocycles. The maximum atomic E-state index is 11.7. The Hall–Kier alpha value is -1.31. The van der Waals surface area contributed by atoms with Crippen molar-refractivity contribution in [2.45, 2.75) is 32.1 Å². The number of nitrogens with two attached hydrogens (primary N) is 1. The number of ketones is 1. The molecule has 14 heavy (non-hydrogen) atoms. The molecule has 0 aliphatic heterocycles. The predicted molar refractivity (Wildman–Crippen MR) is 57.5 cm³/mol. The number of nitrogen functional groups attached to an aromatic ring is 1. The first kappa shape index (κ1) is 9.25. The number of carbonyl (C=O) groups is 1. The van der Waals surface area contributed by atoms with Gasteiger partial charge in [0.05, 0.1) is 0 Å². The normalized spacial score (nSPS) is 21.5. The highest BCUT2D eigenvalue weighted by atomic mass is 16.1. The van der Waals surface area contributed by atoms with E-state index in [2.05, 4.69) is 6.92 Å². The molecule has 1 unspecified atom stereocenters. The van der Waals surface area contributed by atoms with Crippen LogP contribution >= 0.6 is 0 Å². The second-order valence-electron chi connectivity index (χ2n) is 4.06. The van der Waals surface area contributed by atoms with E-state index in [9.17, 15) is 4.79 Å². The Labute approximate surface area is 84.1 Å². The number of fused-ring (bicyclic) bond motifs is 1. The zero-order valence-electron chi connectivity index (χ0n) is 8.42. The van der Waals surface area contributed by atoms with Gasteiger partial charge in [0.1, 0.15) is 0 Å². The van der Waals surface area contributed by atoms with Crippen molar-refractivity contribution in [3.8, 4) is 0 Å². The van der Waals surface area contributed by atoms with Crippen LogP contribution in [0.15, 0.2) is 18.2 Å². The summed E-state index contributed by atoms with van der Waals surface area (Å²) in [6, 6.07) is 5.63. The summed E-state index contributed by atoms with van der Waals surface area (Å²) in [6.07, 6.45) is 2.76. The van der Waals surface area contributed by atoms with Crippen molar-refractivity contribution in [3.63, 3.8) is 0 Å². The molecule has 1 aliphatic carbocycles. The smallest absolute Gasteiger partial charge is 0.163 e. The van der Waals surface area contributed by atoms with Gasteiger partial charge in [0, 0.05) is 17.7 Å². The van der Waals surface area contributed by atoms with Crippen molar-refractivity contribution in [2.75, 3.05) is 5.73 Å². The largest absolute Gasteiger partial charge is 0.399 e. The molecule has 74 valence electrons. The predicted octanol–water partition coefficient (Wildman–Crippen LogP) is 2.74. The number of Topliss-reactive ketones (excluding diaryl/α,β-unsaturated/α-hetero) is 1. The van der Waals surface area contributed by atoms with E-state index < -0.39 is 0 Å². The van der Waals surface area contributed by atoms with Gasteiger partial charge in [-0.1, -0.05) is 6.92 Å². The summed E-state index contributed by atoms with van der Waals surface area (Å²) in [6.45, 7) is 2.16. The van der Waals surface area contributed by atoms with Crippen molar-refractivity contribution in [2.24, 2.45) is 0 Å². The minimum absolute atomic E-state index is 0.268. The van der Waals surface area contributed by atoms with E-state index in [0.29, 0.717) is 12.3 Å². The quantitative estimate of drug-likeness (QED) is 0.503. The summed E-state index contributed by atoms with van der Waals surface area (Å²) in [7, 11) is 0. The summed E-state index contributed by atoms with van der Waals surface area (Å²) < 4.78 is 0. The third kappa shape index (κ3) is 1.52. The Morgan fingerprint density at radius 1 is 1.43 bits per heavy atom. The van der Waals surface area contributed by atoms with Crippen LogP contribution in [0.3, 0.4) is 0 Å². The molecule has 1 aromatic rings. The van der Waals surface area contributed by atoms with E-state index in [0.717, 1.165) is 29.7 Å². The van der Waals surface area contributed by atoms with Crippen molar-refractivity contribution in [1.29, 1.82) is 0 Å². The molecule has 2 rings (SSSR count). The molecule has 0 saturated carbocycles. The second kappa shape index (κ2) is 3.45. The van der Waals surface area contributed by atoms with Crippen molar-refractivity contribution < 1.29 is 4.79 Å². The molecule has 1 aliphatic rings. The topological polar surface area (TPSA) is 43.1 Å². The molecule has 2 nitrogen and oxygen atoms in total. The summed E-state index contributed by atoms with van der Waals surface area (Å²) in [5, 5.41) is 0. The number of hydrogen-bond acceptors (Lipinski definition) is 2. The molecular weight excluding hydrogens is 174 g/mol. The standard InChI is InChI=1S/C12H15NO/c1-8-3-2-4-12(14)10-6-5-9(13)7-11(8)10/h5-8H,2-4,13H2,1H3. The van der Waals surface area contributed by atoms with Crippen LogP contribution < -0.4 is 5.73 Å². The lowest BCUT2D eigenvalue weighted by atomic mass is 9.94. The van der Waals surface area contributed by atoms with Gasteiger partial charge in [0.15, 0.2) is 5.78 Å². The van der Waals surface area contributed by atoms with Crippen molar-refractivity contribution in [3.05, 3.63) is 29.3 Å².